The van der Waals surface area contributed by atoms with Gasteiger partial charge in [0.15, 0.2) is 0 Å². The lowest BCUT2D eigenvalue weighted by Crippen LogP contribution is -2.34. The van der Waals surface area contributed by atoms with Crippen molar-refractivity contribution in [3.05, 3.63) is 82.9 Å². The first-order valence-corrected chi connectivity index (χ1v) is 9.72. The number of ether oxygens (including phenoxy) is 2. The highest BCUT2D eigenvalue weighted by Gasteiger charge is 2.66. The zero-order valence-electron chi connectivity index (χ0n) is 15.1. The molecule has 3 fully saturated rings. The smallest absolute Gasteiger partial charge is 0.320 e. The summed E-state index contributed by atoms with van der Waals surface area (Å²) in [6.07, 6.45) is 0.997. The van der Waals surface area contributed by atoms with Crippen molar-refractivity contribution in [3.8, 4) is 0 Å². The number of fused-ring (bicyclic) bond motifs is 8. The molecule has 138 valence electrons. The maximum Gasteiger partial charge on any atom is 0.320 e. The minimum atomic E-state index is -0.509. The largest absolute Gasteiger partial charge is 0.393 e. The maximum absolute atomic E-state index is 12.4. The van der Waals surface area contributed by atoms with Gasteiger partial charge in [-0.25, -0.2) is 0 Å². The summed E-state index contributed by atoms with van der Waals surface area (Å²) in [6.45, 7) is 0. The van der Waals surface area contributed by atoms with Crippen LogP contribution in [-0.4, -0.2) is 24.1 Å². The van der Waals surface area contributed by atoms with Crippen LogP contribution >= 0.6 is 0 Å². The number of cyclic esters (lactones) is 2. The highest BCUT2D eigenvalue weighted by Crippen LogP contribution is 2.59. The van der Waals surface area contributed by atoms with Gasteiger partial charge in [0.2, 0.25) is 0 Å². The first-order valence-electron chi connectivity index (χ1n) is 9.72. The predicted molar refractivity (Wildman–Crippen MR) is 103 cm³/mol. The predicted octanol–water partition coefficient (Wildman–Crippen LogP) is 3.78. The average molecular weight is 370 g/mol. The lowest BCUT2D eigenvalue weighted by atomic mass is 9.68. The van der Waals surface area contributed by atoms with Crippen LogP contribution in [0.4, 0.5) is 0 Å². The van der Waals surface area contributed by atoms with E-state index < -0.39 is 36.0 Å². The second-order valence-electron chi connectivity index (χ2n) is 7.79. The quantitative estimate of drug-likeness (QED) is 0.596. The van der Waals surface area contributed by atoms with E-state index in [-0.39, 0.29) is 0 Å². The lowest BCUT2D eigenvalue weighted by molar-refractivity contribution is -0.156. The molecule has 3 aliphatic heterocycles. The van der Waals surface area contributed by atoms with Crippen LogP contribution in [0.25, 0.3) is 11.1 Å². The normalized spacial score (nSPS) is 30.6. The summed E-state index contributed by atoms with van der Waals surface area (Å²) in [4.78, 5) is 24.7. The standard InChI is InChI=1S/C24H18O4/c25-23-19-20(24(26)28-23)22-18-16(14-9-5-2-6-10-14)12-11-15(17(18)21(19)27-22)13-7-3-1-4-8-13/h1-10,19-22H,11-12H2/t19-,20+,21-,22+. The molecule has 0 saturated carbocycles. The van der Waals surface area contributed by atoms with Crippen molar-refractivity contribution in [2.45, 2.75) is 25.0 Å². The molecule has 0 radical (unpaired) electrons. The molecule has 0 aromatic heterocycles. The first-order chi connectivity index (χ1) is 13.7. The average Bonchev–Trinajstić information content (AvgIpc) is 3.40. The third-order valence-corrected chi connectivity index (χ3v) is 6.46. The second-order valence-corrected chi connectivity index (χ2v) is 7.79. The van der Waals surface area contributed by atoms with Gasteiger partial charge in [-0.05, 0) is 46.3 Å². The lowest BCUT2D eigenvalue weighted by Gasteiger charge is -2.31. The van der Waals surface area contributed by atoms with E-state index in [4.69, 9.17) is 9.47 Å². The Kier molecular flexibility index (Phi) is 3.29. The van der Waals surface area contributed by atoms with Gasteiger partial charge in [-0.2, -0.15) is 0 Å². The van der Waals surface area contributed by atoms with Gasteiger partial charge in [0, 0.05) is 0 Å². The first kappa shape index (κ1) is 16.0. The Hall–Kier alpha value is -2.98. The summed E-state index contributed by atoms with van der Waals surface area (Å²) in [5, 5.41) is 0. The van der Waals surface area contributed by atoms with Crippen molar-refractivity contribution in [1.82, 2.24) is 0 Å². The molecule has 0 amide bonds. The minimum absolute atomic E-state index is 0.391. The van der Waals surface area contributed by atoms with E-state index in [0.717, 1.165) is 35.1 Å². The van der Waals surface area contributed by atoms with Crippen molar-refractivity contribution >= 4 is 23.1 Å². The zero-order valence-corrected chi connectivity index (χ0v) is 15.1. The van der Waals surface area contributed by atoms with Crippen molar-refractivity contribution in [2.24, 2.45) is 11.8 Å². The summed E-state index contributed by atoms with van der Waals surface area (Å²) in [7, 11) is 0. The van der Waals surface area contributed by atoms with Gasteiger partial charge < -0.3 is 9.47 Å². The number of carbonyl (C=O) groups excluding carboxylic acids is 2. The fourth-order valence-corrected chi connectivity index (χ4v) is 5.35. The number of hydrogen-bond donors (Lipinski definition) is 0. The topological polar surface area (TPSA) is 52.6 Å². The summed E-state index contributed by atoms with van der Waals surface area (Å²) in [5.74, 6) is -1.89. The molecule has 2 aromatic carbocycles. The summed E-state index contributed by atoms with van der Waals surface area (Å²) >= 11 is 0. The number of esters is 2. The molecule has 4 nitrogen and oxygen atoms in total. The molecular weight excluding hydrogens is 352 g/mol. The van der Waals surface area contributed by atoms with Gasteiger partial charge in [-0.3, -0.25) is 9.59 Å². The van der Waals surface area contributed by atoms with Crippen molar-refractivity contribution < 1.29 is 19.1 Å². The second kappa shape index (κ2) is 5.76. The van der Waals surface area contributed by atoms with E-state index in [1.54, 1.807) is 0 Å². The van der Waals surface area contributed by atoms with Gasteiger partial charge in [-0.15, -0.1) is 0 Å². The fourth-order valence-electron chi connectivity index (χ4n) is 5.35. The van der Waals surface area contributed by atoms with Crippen LogP contribution < -0.4 is 0 Å². The Bertz CT molecular complexity index is 979. The Balaban J connectivity index is 1.60. The van der Waals surface area contributed by atoms with Gasteiger partial charge >= 0.3 is 11.9 Å². The molecule has 4 heteroatoms. The fraction of sp³-hybridized carbons (Fsp3) is 0.250. The molecule has 2 aromatic rings. The van der Waals surface area contributed by atoms with Gasteiger partial charge in [-0.1, -0.05) is 60.7 Å². The van der Waals surface area contributed by atoms with Crippen LogP contribution in [-0.2, 0) is 19.1 Å². The monoisotopic (exact) mass is 370 g/mol. The molecule has 1 aliphatic carbocycles. The molecule has 6 rings (SSSR count). The number of hydrogen-bond acceptors (Lipinski definition) is 4. The number of benzene rings is 2. The third kappa shape index (κ3) is 2.04. The molecule has 3 heterocycles. The molecule has 2 bridgehead atoms. The van der Waals surface area contributed by atoms with Crippen LogP contribution in [0.3, 0.4) is 0 Å². The Morgan fingerprint density at radius 1 is 0.643 bits per heavy atom. The van der Waals surface area contributed by atoms with Crippen LogP contribution in [0.15, 0.2) is 71.8 Å². The van der Waals surface area contributed by atoms with E-state index in [2.05, 4.69) is 24.3 Å². The Morgan fingerprint density at radius 3 is 1.50 bits per heavy atom. The van der Waals surface area contributed by atoms with Crippen molar-refractivity contribution in [2.75, 3.05) is 0 Å². The molecule has 0 N–H and O–H groups in total. The van der Waals surface area contributed by atoms with E-state index in [0.29, 0.717) is 0 Å². The summed E-state index contributed by atoms with van der Waals surface area (Å²) in [5.41, 5.74) is 6.99. The summed E-state index contributed by atoms with van der Waals surface area (Å²) < 4.78 is 11.3. The van der Waals surface area contributed by atoms with E-state index >= 15 is 0 Å². The number of carbonyl (C=O) groups is 2. The minimum Gasteiger partial charge on any atom is -0.393 e. The van der Waals surface area contributed by atoms with E-state index in [9.17, 15) is 9.59 Å². The summed E-state index contributed by atoms with van der Waals surface area (Å²) in [6, 6.07) is 20.6. The molecule has 0 unspecified atom stereocenters. The van der Waals surface area contributed by atoms with E-state index in [1.807, 2.05) is 36.4 Å². The van der Waals surface area contributed by atoms with Gasteiger partial charge in [0.25, 0.3) is 0 Å². The molecule has 28 heavy (non-hydrogen) atoms. The zero-order chi connectivity index (χ0) is 18.8. The van der Waals surface area contributed by atoms with E-state index in [1.165, 1.54) is 11.1 Å². The SMILES string of the molecule is O=C1OC(=O)[C@H]2[C@@H]1[C@@H]1O[C@H]2C2=C(c3ccccc3)CCC(c3ccccc3)=C21. The van der Waals surface area contributed by atoms with Crippen LogP contribution in [0.2, 0.25) is 0 Å². The van der Waals surface area contributed by atoms with Crippen molar-refractivity contribution in [3.63, 3.8) is 0 Å². The van der Waals surface area contributed by atoms with Gasteiger partial charge in [0.1, 0.15) is 11.8 Å². The van der Waals surface area contributed by atoms with Crippen LogP contribution in [0, 0.1) is 11.8 Å². The van der Waals surface area contributed by atoms with Gasteiger partial charge in [0.05, 0.1) is 12.2 Å². The highest BCUT2D eigenvalue weighted by molar-refractivity contribution is 6.01. The number of rotatable bonds is 2. The maximum atomic E-state index is 12.4. The molecule has 3 saturated heterocycles. The van der Waals surface area contributed by atoms with Crippen molar-refractivity contribution in [1.29, 1.82) is 0 Å². The molecule has 0 spiro atoms. The highest BCUT2D eigenvalue weighted by atomic mass is 16.6. The number of allylic oxidation sites excluding steroid dienone is 2. The Labute approximate surface area is 162 Å². The van der Waals surface area contributed by atoms with Crippen LogP contribution in [0.1, 0.15) is 24.0 Å². The molecule has 4 aliphatic rings. The molecular formula is C24H18O4. The Morgan fingerprint density at radius 2 is 1.07 bits per heavy atom. The van der Waals surface area contributed by atoms with Crippen LogP contribution in [0.5, 0.6) is 0 Å². The third-order valence-electron chi connectivity index (χ3n) is 6.46. The molecule has 4 atom stereocenters.